The Morgan fingerprint density at radius 1 is 1.17 bits per heavy atom. The Morgan fingerprint density at radius 3 is 2.83 bits per heavy atom. The third kappa shape index (κ3) is 5.86. The van der Waals surface area contributed by atoms with Gasteiger partial charge in [-0.3, -0.25) is 4.79 Å². The van der Waals surface area contributed by atoms with E-state index in [1.54, 1.807) is 31.4 Å². The van der Waals surface area contributed by atoms with Gasteiger partial charge in [0.2, 0.25) is 5.91 Å². The van der Waals surface area contributed by atoms with E-state index in [0.717, 1.165) is 12.1 Å². The summed E-state index contributed by atoms with van der Waals surface area (Å²) >= 11 is 0. The van der Waals surface area contributed by atoms with Crippen molar-refractivity contribution in [1.29, 1.82) is 0 Å². The number of nitrogens with one attached hydrogen (secondary N) is 1. The van der Waals surface area contributed by atoms with Gasteiger partial charge in [-0.2, -0.15) is 0 Å². The Bertz CT molecular complexity index is 975. The molecule has 6 nitrogen and oxygen atoms in total. The molecule has 0 fully saturated rings. The lowest BCUT2D eigenvalue weighted by atomic mass is 10.2. The topological polar surface area (TPSA) is 73.6 Å². The molecule has 1 N–H and O–H groups in total. The van der Waals surface area contributed by atoms with Crippen molar-refractivity contribution in [3.63, 3.8) is 0 Å². The number of benzene rings is 2. The molecule has 0 radical (unpaired) electrons. The summed E-state index contributed by atoms with van der Waals surface area (Å²) in [6.45, 7) is 0.881. The van der Waals surface area contributed by atoms with Gasteiger partial charge in [-0.05, 0) is 24.3 Å². The summed E-state index contributed by atoms with van der Waals surface area (Å²) in [6, 6.07) is 10.2. The molecule has 0 aliphatic rings. The van der Waals surface area contributed by atoms with Gasteiger partial charge >= 0.3 is 0 Å². The van der Waals surface area contributed by atoms with Crippen LogP contribution in [0, 0.1) is 11.6 Å². The van der Waals surface area contributed by atoms with Gasteiger partial charge in [0, 0.05) is 37.8 Å². The predicted molar refractivity (Wildman–Crippen MR) is 103 cm³/mol. The third-order valence-electron chi connectivity index (χ3n) is 3.99. The number of halogens is 2. The molecule has 2 aromatic carbocycles. The first-order valence-electron chi connectivity index (χ1n) is 8.97. The van der Waals surface area contributed by atoms with Crippen LogP contribution in [0.5, 0.6) is 5.75 Å². The van der Waals surface area contributed by atoms with Gasteiger partial charge in [0.25, 0.3) is 0 Å². The zero-order chi connectivity index (χ0) is 20.6. The summed E-state index contributed by atoms with van der Waals surface area (Å²) < 4.78 is 42.7. The highest BCUT2D eigenvalue weighted by atomic mass is 19.1. The average Bonchev–Trinajstić information content (AvgIpc) is 3.16. The normalized spacial score (nSPS) is 10.7. The number of hydrogen-bond acceptors (Lipinski definition) is 5. The van der Waals surface area contributed by atoms with Gasteiger partial charge in [-0.15, -0.1) is 0 Å². The molecule has 1 aromatic heterocycles. The van der Waals surface area contributed by atoms with Crippen molar-refractivity contribution in [2.45, 2.75) is 12.8 Å². The monoisotopic (exact) mass is 402 g/mol. The van der Waals surface area contributed by atoms with E-state index >= 15 is 0 Å². The Morgan fingerprint density at radius 2 is 2.03 bits per heavy atom. The highest BCUT2D eigenvalue weighted by Gasteiger charge is 2.13. The summed E-state index contributed by atoms with van der Waals surface area (Å²) in [5.41, 5.74) is 0.714. The van der Waals surface area contributed by atoms with E-state index < -0.39 is 11.6 Å². The Labute approximate surface area is 166 Å². The van der Waals surface area contributed by atoms with E-state index in [9.17, 15) is 13.6 Å². The maximum atomic E-state index is 13.8. The maximum absolute atomic E-state index is 13.8. The Balaban J connectivity index is 1.53. The summed E-state index contributed by atoms with van der Waals surface area (Å²) in [5, 5.41) is 2.78. The summed E-state index contributed by atoms with van der Waals surface area (Å²) in [4.78, 5) is 16.2. The van der Waals surface area contributed by atoms with Crippen LogP contribution in [0.3, 0.4) is 0 Å². The largest absolute Gasteiger partial charge is 0.491 e. The number of anilines is 1. The first-order valence-corrected chi connectivity index (χ1v) is 8.97. The van der Waals surface area contributed by atoms with Gasteiger partial charge in [-0.25, -0.2) is 13.8 Å². The van der Waals surface area contributed by atoms with Crippen LogP contribution in [0.1, 0.15) is 12.3 Å². The second-order valence-electron chi connectivity index (χ2n) is 6.16. The molecule has 29 heavy (non-hydrogen) atoms. The number of carbonyl (C=O) groups is 1. The van der Waals surface area contributed by atoms with Gasteiger partial charge in [0.1, 0.15) is 24.0 Å². The molecule has 8 heteroatoms. The molecule has 0 aliphatic heterocycles. The fraction of sp³-hybridized carbons (Fsp3) is 0.238. The highest BCUT2D eigenvalue weighted by Crippen LogP contribution is 2.24. The fourth-order valence-corrected chi connectivity index (χ4v) is 2.59. The van der Waals surface area contributed by atoms with Gasteiger partial charge in [0.15, 0.2) is 11.7 Å². The molecule has 0 saturated carbocycles. The number of aromatic nitrogens is 1. The average molecular weight is 402 g/mol. The first kappa shape index (κ1) is 20.5. The van der Waals surface area contributed by atoms with Crippen molar-refractivity contribution in [2.24, 2.45) is 0 Å². The summed E-state index contributed by atoms with van der Waals surface area (Å²) in [5.74, 6) is -0.548. The number of methoxy groups -OCH3 is 1. The molecule has 0 aliphatic carbocycles. The molecule has 3 rings (SSSR count). The number of amides is 1. The molecule has 152 valence electrons. The quantitative estimate of drug-likeness (QED) is 0.543. The first-order chi connectivity index (χ1) is 14.0. The van der Waals surface area contributed by atoms with Crippen molar-refractivity contribution in [3.8, 4) is 17.1 Å². The van der Waals surface area contributed by atoms with Crippen LogP contribution in [0.25, 0.3) is 11.3 Å². The molecule has 1 amide bonds. The van der Waals surface area contributed by atoms with Crippen LogP contribution >= 0.6 is 0 Å². The van der Waals surface area contributed by atoms with Crippen LogP contribution in [-0.2, 0) is 16.0 Å². The summed E-state index contributed by atoms with van der Waals surface area (Å²) in [7, 11) is 1.59. The minimum atomic E-state index is -0.738. The lowest BCUT2D eigenvalue weighted by Crippen LogP contribution is -2.12. The van der Waals surface area contributed by atoms with Crippen LogP contribution in [-0.4, -0.2) is 31.2 Å². The van der Waals surface area contributed by atoms with Crippen LogP contribution in [0.15, 0.2) is 53.1 Å². The van der Waals surface area contributed by atoms with E-state index in [0.29, 0.717) is 24.7 Å². The number of carbonyl (C=O) groups excluding carboxylic acids is 1. The molecular weight excluding hydrogens is 382 g/mol. The number of rotatable bonds is 9. The molecule has 0 atom stereocenters. The smallest absolute Gasteiger partial charge is 0.224 e. The maximum Gasteiger partial charge on any atom is 0.224 e. The van der Waals surface area contributed by atoms with Gasteiger partial charge < -0.3 is 19.2 Å². The molecule has 0 saturated heterocycles. The molecular formula is C21H20F2N2O4. The van der Waals surface area contributed by atoms with Crippen LogP contribution in [0.2, 0.25) is 0 Å². The SMILES string of the molecule is COCCOc1cccc(NC(=O)CCc2ncc(-c3ccc(F)cc3F)o2)c1. The van der Waals surface area contributed by atoms with Crippen molar-refractivity contribution < 1.29 is 27.5 Å². The van der Waals surface area contributed by atoms with Crippen LogP contribution in [0.4, 0.5) is 14.5 Å². The standard InChI is InChI=1S/C21H20F2N2O4/c1-27-9-10-28-16-4-2-3-15(12-16)25-20(26)7-8-21-24-13-19(29-21)17-6-5-14(22)11-18(17)23/h2-6,11-13H,7-10H2,1H3,(H,25,26). The fourth-order valence-electron chi connectivity index (χ4n) is 2.59. The number of oxazole rings is 1. The van der Waals surface area contributed by atoms with Crippen molar-refractivity contribution in [3.05, 3.63) is 66.2 Å². The molecule has 0 bridgehead atoms. The molecule has 3 aromatic rings. The number of nitrogens with zero attached hydrogens (tertiary/aromatic N) is 1. The van der Waals surface area contributed by atoms with E-state index in [1.807, 2.05) is 0 Å². The highest BCUT2D eigenvalue weighted by molar-refractivity contribution is 5.90. The van der Waals surface area contributed by atoms with Gasteiger partial charge in [0.05, 0.1) is 18.4 Å². The molecule has 0 unspecified atom stereocenters. The van der Waals surface area contributed by atoms with E-state index in [1.165, 1.54) is 12.3 Å². The second kappa shape index (κ2) is 9.79. The number of hydrogen-bond donors (Lipinski definition) is 1. The Kier molecular flexibility index (Phi) is 6.91. The number of ether oxygens (including phenoxy) is 2. The van der Waals surface area contributed by atoms with Gasteiger partial charge in [-0.1, -0.05) is 6.07 Å². The minimum absolute atomic E-state index is 0.111. The van der Waals surface area contributed by atoms with Crippen molar-refractivity contribution in [2.75, 3.05) is 25.6 Å². The summed E-state index contributed by atoms with van der Waals surface area (Å²) in [6.07, 6.45) is 1.71. The van der Waals surface area contributed by atoms with E-state index in [2.05, 4.69) is 10.3 Å². The zero-order valence-electron chi connectivity index (χ0n) is 15.8. The lowest BCUT2D eigenvalue weighted by Gasteiger charge is -2.08. The molecule has 1 heterocycles. The second-order valence-corrected chi connectivity index (χ2v) is 6.16. The zero-order valence-corrected chi connectivity index (χ0v) is 15.8. The van der Waals surface area contributed by atoms with Crippen molar-refractivity contribution in [1.82, 2.24) is 4.98 Å². The molecule has 0 spiro atoms. The van der Waals surface area contributed by atoms with Crippen LogP contribution < -0.4 is 10.1 Å². The van der Waals surface area contributed by atoms with E-state index in [-0.39, 0.29) is 36.0 Å². The van der Waals surface area contributed by atoms with E-state index in [4.69, 9.17) is 13.9 Å². The third-order valence-corrected chi connectivity index (χ3v) is 3.99. The lowest BCUT2D eigenvalue weighted by molar-refractivity contribution is -0.116. The minimum Gasteiger partial charge on any atom is -0.491 e. The number of aryl methyl sites for hydroxylation is 1. The van der Waals surface area contributed by atoms with Crippen molar-refractivity contribution >= 4 is 11.6 Å². The Hall–Kier alpha value is -3.26. The predicted octanol–water partition coefficient (Wildman–Crippen LogP) is 4.22.